The molecule has 0 heterocycles. The van der Waals surface area contributed by atoms with Crippen molar-refractivity contribution < 1.29 is 19.1 Å². The van der Waals surface area contributed by atoms with Crippen LogP contribution in [0.5, 0.6) is 0 Å². The fourth-order valence-corrected chi connectivity index (χ4v) is 5.09. The molecule has 3 N–H and O–H groups in total. The summed E-state index contributed by atoms with van der Waals surface area (Å²) in [4.78, 5) is 23.7. The lowest BCUT2D eigenvalue weighted by molar-refractivity contribution is -0.125. The molecule has 0 spiro atoms. The highest BCUT2D eigenvalue weighted by Crippen LogP contribution is 2.40. The highest BCUT2D eigenvalue weighted by Gasteiger charge is 2.42. The number of Topliss-reactive ketones (excluding diaryl/α,β-unsaturated/α-hetero) is 1. The standard InChI is InChI=1S/C22H44N2O4Si/c1-8-9-12-23-18-13-17(20(25)11-10-16(2)24-21(26)27)14-19(15-18)28-29(6,7)22(3,4)5/h16-19,23-24H,8-15H2,1-7H3,(H,26,27)/t16-,17?,18?,19?/m0/s1. The zero-order valence-electron chi connectivity index (χ0n) is 19.6. The van der Waals surface area contributed by atoms with Gasteiger partial charge in [0, 0.05) is 30.5 Å². The maximum Gasteiger partial charge on any atom is 0.404 e. The van der Waals surface area contributed by atoms with Gasteiger partial charge in [0.1, 0.15) is 5.78 Å². The van der Waals surface area contributed by atoms with Crippen LogP contribution in [0.4, 0.5) is 4.79 Å². The Labute approximate surface area is 178 Å². The van der Waals surface area contributed by atoms with E-state index in [-0.39, 0.29) is 28.9 Å². The number of nitrogens with one attached hydrogen (secondary N) is 2. The average Bonchev–Trinajstić information content (AvgIpc) is 2.57. The van der Waals surface area contributed by atoms with Crippen LogP contribution >= 0.6 is 0 Å². The van der Waals surface area contributed by atoms with E-state index in [0.717, 1.165) is 38.6 Å². The van der Waals surface area contributed by atoms with Crippen LogP contribution in [0.25, 0.3) is 0 Å². The van der Waals surface area contributed by atoms with Gasteiger partial charge in [0.05, 0.1) is 0 Å². The number of carboxylic acid groups (broad SMARTS) is 1. The molecule has 6 nitrogen and oxygen atoms in total. The molecular formula is C22H44N2O4Si. The molecule has 0 aliphatic heterocycles. The second-order valence-corrected chi connectivity index (χ2v) is 15.0. The quantitative estimate of drug-likeness (QED) is 0.320. The summed E-state index contributed by atoms with van der Waals surface area (Å²) >= 11 is 0. The van der Waals surface area contributed by atoms with Crippen LogP contribution in [-0.4, -0.2) is 50.0 Å². The molecule has 1 fully saturated rings. The Kier molecular flexibility index (Phi) is 10.3. The van der Waals surface area contributed by atoms with Crippen molar-refractivity contribution in [2.45, 2.75) is 116 Å². The highest BCUT2D eigenvalue weighted by molar-refractivity contribution is 6.74. The normalized spacial score (nSPS) is 24.2. The van der Waals surface area contributed by atoms with Crippen LogP contribution in [0.1, 0.15) is 79.6 Å². The van der Waals surface area contributed by atoms with E-state index in [1.165, 1.54) is 0 Å². The van der Waals surface area contributed by atoms with Crippen LogP contribution in [0, 0.1) is 5.92 Å². The summed E-state index contributed by atoms with van der Waals surface area (Å²) < 4.78 is 6.70. The molecule has 1 rings (SSSR count). The van der Waals surface area contributed by atoms with E-state index in [0.29, 0.717) is 18.9 Å². The minimum Gasteiger partial charge on any atom is -0.465 e. The van der Waals surface area contributed by atoms with Gasteiger partial charge in [-0.05, 0) is 63.7 Å². The second kappa shape index (κ2) is 11.5. The van der Waals surface area contributed by atoms with Gasteiger partial charge in [0.15, 0.2) is 8.32 Å². The molecule has 29 heavy (non-hydrogen) atoms. The van der Waals surface area contributed by atoms with Crippen molar-refractivity contribution in [2.75, 3.05) is 6.54 Å². The first-order chi connectivity index (χ1) is 13.4. The molecule has 7 heteroatoms. The zero-order chi connectivity index (χ0) is 22.2. The van der Waals surface area contributed by atoms with Crippen LogP contribution in [0.15, 0.2) is 0 Å². The van der Waals surface area contributed by atoms with Gasteiger partial charge in [-0.25, -0.2) is 4.79 Å². The van der Waals surface area contributed by atoms with Gasteiger partial charge in [-0.2, -0.15) is 0 Å². The molecule has 4 atom stereocenters. The number of hydrogen-bond donors (Lipinski definition) is 3. The first-order valence-electron chi connectivity index (χ1n) is 11.3. The number of amides is 1. The summed E-state index contributed by atoms with van der Waals surface area (Å²) in [6.45, 7) is 16.3. The molecular weight excluding hydrogens is 384 g/mol. The van der Waals surface area contributed by atoms with Crippen LogP contribution in [-0.2, 0) is 9.22 Å². The van der Waals surface area contributed by atoms with Crippen LogP contribution in [0.2, 0.25) is 18.1 Å². The second-order valence-electron chi connectivity index (χ2n) is 10.3. The smallest absolute Gasteiger partial charge is 0.404 e. The number of carbonyl (C=O) groups is 2. The number of carbonyl (C=O) groups excluding carboxylic acids is 1. The number of ketones is 1. The van der Waals surface area contributed by atoms with Gasteiger partial charge >= 0.3 is 6.09 Å². The molecule has 1 aliphatic rings. The Hall–Kier alpha value is -0.923. The molecule has 0 saturated heterocycles. The summed E-state index contributed by atoms with van der Waals surface area (Å²) in [5.41, 5.74) is 0. The van der Waals surface area contributed by atoms with E-state index >= 15 is 0 Å². The van der Waals surface area contributed by atoms with Crippen molar-refractivity contribution in [1.82, 2.24) is 10.6 Å². The minimum atomic E-state index is -1.89. The fraction of sp³-hybridized carbons (Fsp3) is 0.909. The van der Waals surface area contributed by atoms with Crippen LogP contribution in [0.3, 0.4) is 0 Å². The summed E-state index contributed by atoms with van der Waals surface area (Å²) in [5, 5.41) is 15.1. The van der Waals surface area contributed by atoms with E-state index < -0.39 is 14.4 Å². The fourth-order valence-electron chi connectivity index (χ4n) is 3.71. The van der Waals surface area contributed by atoms with E-state index in [2.05, 4.69) is 51.4 Å². The molecule has 3 unspecified atom stereocenters. The molecule has 0 aromatic carbocycles. The highest BCUT2D eigenvalue weighted by atomic mass is 28.4. The van der Waals surface area contributed by atoms with Crippen molar-refractivity contribution >= 4 is 20.2 Å². The summed E-state index contributed by atoms with van der Waals surface area (Å²) in [6.07, 6.45) is 4.96. The summed E-state index contributed by atoms with van der Waals surface area (Å²) in [7, 11) is -1.89. The third-order valence-electron chi connectivity index (χ3n) is 6.54. The Morgan fingerprint density at radius 2 is 1.86 bits per heavy atom. The van der Waals surface area contributed by atoms with Crippen molar-refractivity contribution in [3.8, 4) is 0 Å². The monoisotopic (exact) mass is 428 g/mol. The van der Waals surface area contributed by atoms with Gasteiger partial charge in [-0.15, -0.1) is 0 Å². The minimum absolute atomic E-state index is 0.00493. The van der Waals surface area contributed by atoms with Gasteiger partial charge in [-0.1, -0.05) is 34.1 Å². The van der Waals surface area contributed by atoms with E-state index in [1.54, 1.807) is 6.92 Å². The summed E-state index contributed by atoms with van der Waals surface area (Å²) in [5.74, 6) is 0.240. The Bertz CT molecular complexity index is 533. The molecule has 170 valence electrons. The molecule has 0 radical (unpaired) electrons. The number of hydrogen-bond acceptors (Lipinski definition) is 4. The number of rotatable bonds is 11. The Morgan fingerprint density at radius 1 is 1.21 bits per heavy atom. The van der Waals surface area contributed by atoms with Gasteiger partial charge < -0.3 is 20.2 Å². The predicted octanol–water partition coefficient (Wildman–Crippen LogP) is 4.94. The van der Waals surface area contributed by atoms with E-state index in [9.17, 15) is 9.59 Å². The molecule has 0 aromatic rings. The molecule has 1 saturated carbocycles. The van der Waals surface area contributed by atoms with Crippen LogP contribution < -0.4 is 10.6 Å². The maximum absolute atomic E-state index is 12.9. The largest absolute Gasteiger partial charge is 0.465 e. The summed E-state index contributed by atoms with van der Waals surface area (Å²) in [6, 6.07) is 0.103. The van der Waals surface area contributed by atoms with Crippen molar-refractivity contribution in [3.63, 3.8) is 0 Å². The molecule has 1 aliphatic carbocycles. The topological polar surface area (TPSA) is 87.7 Å². The Balaban J connectivity index is 2.76. The Morgan fingerprint density at radius 3 is 2.41 bits per heavy atom. The first-order valence-corrected chi connectivity index (χ1v) is 14.2. The third-order valence-corrected chi connectivity index (χ3v) is 11.1. The van der Waals surface area contributed by atoms with Gasteiger partial charge in [0.25, 0.3) is 0 Å². The van der Waals surface area contributed by atoms with Gasteiger partial charge in [-0.3, -0.25) is 4.79 Å². The van der Waals surface area contributed by atoms with Crippen molar-refractivity contribution in [3.05, 3.63) is 0 Å². The average molecular weight is 429 g/mol. The SMILES string of the molecule is CCCCNC1CC(O[Si](C)(C)C(C)(C)C)CC(C(=O)CC[C@H](C)NC(=O)O)C1. The molecule has 1 amide bonds. The first kappa shape index (κ1) is 26.1. The van der Waals surface area contributed by atoms with Crippen molar-refractivity contribution in [2.24, 2.45) is 5.92 Å². The van der Waals surface area contributed by atoms with E-state index in [4.69, 9.17) is 9.53 Å². The third kappa shape index (κ3) is 9.18. The molecule has 0 aromatic heterocycles. The lowest BCUT2D eigenvalue weighted by Gasteiger charge is -2.43. The maximum atomic E-state index is 12.9. The molecule has 0 bridgehead atoms. The lowest BCUT2D eigenvalue weighted by atomic mass is 9.80. The van der Waals surface area contributed by atoms with Gasteiger partial charge in [0.2, 0.25) is 0 Å². The van der Waals surface area contributed by atoms with Crippen molar-refractivity contribution in [1.29, 1.82) is 0 Å². The predicted molar refractivity (Wildman–Crippen MR) is 121 cm³/mol. The lowest BCUT2D eigenvalue weighted by Crippen LogP contribution is -2.49. The zero-order valence-corrected chi connectivity index (χ0v) is 20.6. The number of unbranched alkanes of at least 4 members (excludes halogenated alkanes) is 1. The van der Waals surface area contributed by atoms with E-state index in [1.807, 2.05) is 0 Å².